The van der Waals surface area contributed by atoms with Gasteiger partial charge >= 0.3 is 0 Å². The van der Waals surface area contributed by atoms with Crippen molar-refractivity contribution in [1.82, 2.24) is 10.2 Å². The number of hydrogen-bond acceptors (Lipinski definition) is 3. The Bertz CT molecular complexity index is 774. The maximum absolute atomic E-state index is 12.8. The third-order valence-corrected chi connectivity index (χ3v) is 6.91. The maximum atomic E-state index is 12.8. The highest BCUT2D eigenvalue weighted by molar-refractivity contribution is 8.01. The van der Waals surface area contributed by atoms with Gasteiger partial charge in [-0.25, -0.2) is 0 Å². The van der Waals surface area contributed by atoms with Crippen LogP contribution in [0.4, 0.5) is 0 Å². The molecule has 2 fully saturated rings. The summed E-state index contributed by atoms with van der Waals surface area (Å²) in [5, 5.41) is 3.70. The molecule has 1 N–H and O–H groups in total. The second-order valence-electron chi connectivity index (χ2n) is 7.61. The fourth-order valence-corrected chi connectivity index (χ4v) is 5.43. The van der Waals surface area contributed by atoms with Crippen molar-refractivity contribution in [1.29, 1.82) is 0 Å². The van der Waals surface area contributed by atoms with E-state index in [0.29, 0.717) is 11.8 Å². The van der Waals surface area contributed by atoms with E-state index in [1.165, 1.54) is 29.5 Å². The van der Waals surface area contributed by atoms with Crippen molar-refractivity contribution in [2.45, 2.75) is 43.6 Å². The molecule has 0 radical (unpaired) electrons. The minimum atomic E-state index is 0.0710. The van der Waals surface area contributed by atoms with Gasteiger partial charge < -0.3 is 10.2 Å². The van der Waals surface area contributed by atoms with Gasteiger partial charge in [-0.1, -0.05) is 67.1 Å². The van der Waals surface area contributed by atoms with E-state index >= 15 is 0 Å². The summed E-state index contributed by atoms with van der Waals surface area (Å²) in [5.41, 5.74) is 3.58. The molecule has 28 heavy (non-hydrogen) atoms. The standard InChI is InChI=1S/C24H28N2OS/c1-18(22-14-8-9-15-25-22)26-23(27)17-28-24(26)16-21(19-10-4-2-5-11-19)20-12-6-3-7-13-20/h2-7,10-13,16,18,22,24-25H,8-9,14-15,17H2,1H3. The van der Waals surface area contributed by atoms with E-state index in [9.17, 15) is 4.79 Å². The molecule has 2 aliphatic heterocycles. The van der Waals surface area contributed by atoms with Crippen LogP contribution in [0.3, 0.4) is 0 Å². The average Bonchev–Trinajstić information content (AvgIpc) is 3.13. The number of nitrogens with one attached hydrogen (secondary N) is 1. The first kappa shape index (κ1) is 19.3. The van der Waals surface area contributed by atoms with Gasteiger partial charge in [0.15, 0.2) is 0 Å². The fraction of sp³-hybridized carbons (Fsp3) is 0.375. The maximum Gasteiger partial charge on any atom is 0.234 e. The molecule has 0 bridgehead atoms. The van der Waals surface area contributed by atoms with Crippen LogP contribution in [0.1, 0.15) is 37.3 Å². The summed E-state index contributed by atoms with van der Waals surface area (Å²) >= 11 is 1.74. The van der Waals surface area contributed by atoms with Crippen LogP contribution in [0.5, 0.6) is 0 Å². The van der Waals surface area contributed by atoms with Crippen LogP contribution in [-0.4, -0.2) is 40.6 Å². The topological polar surface area (TPSA) is 32.3 Å². The Morgan fingerprint density at radius 3 is 2.29 bits per heavy atom. The number of nitrogens with zero attached hydrogens (tertiary/aromatic N) is 1. The Hall–Kier alpha value is -2.04. The number of benzene rings is 2. The lowest BCUT2D eigenvalue weighted by Gasteiger charge is -2.37. The van der Waals surface area contributed by atoms with Crippen molar-refractivity contribution in [2.24, 2.45) is 0 Å². The lowest BCUT2D eigenvalue weighted by Crippen LogP contribution is -2.52. The summed E-state index contributed by atoms with van der Waals surface area (Å²) < 4.78 is 0. The predicted molar refractivity (Wildman–Crippen MR) is 118 cm³/mol. The van der Waals surface area contributed by atoms with E-state index in [4.69, 9.17) is 0 Å². The van der Waals surface area contributed by atoms with Crippen LogP contribution in [0.15, 0.2) is 66.7 Å². The molecule has 2 heterocycles. The third kappa shape index (κ3) is 4.18. The van der Waals surface area contributed by atoms with Gasteiger partial charge in [0.25, 0.3) is 0 Å². The van der Waals surface area contributed by atoms with Crippen LogP contribution in [0.25, 0.3) is 5.57 Å². The molecule has 2 saturated heterocycles. The number of piperidine rings is 1. The summed E-state index contributed by atoms with van der Waals surface area (Å²) in [6.45, 7) is 3.27. The monoisotopic (exact) mass is 392 g/mol. The van der Waals surface area contributed by atoms with E-state index in [2.05, 4.69) is 71.7 Å². The van der Waals surface area contributed by atoms with Gasteiger partial charge in [0.1, 0.15) is 0 Å². The summed E-state index contributed by atoms with van der Waals surface area (Å²) in [6, 6.07) is 21.6. The molecule has 1 amide bonds. The number of carbonyl (C=O) groups is 1. The molecular formula is C24H28N2OS. The normalized spacial score (nSPS) is 23.5. The first-order valence-electron chi connectivity index (χ1n) is 10.2. The number of thioether (sulfide) groups is 1. The molecule has 4 heteroatoms. The third-order valence-electron chi connectivity index (χ3n) is 5.79. The van der Waals surface area contributed by atoms with Crippen molar-refractivity contribution < 1.29 is 4.79 Å². The van der Waals surface area contributed by atoms with Crippen molar-refractivity contribution in [3.8, 4) is 0 Å². The SMILES string of the molecule is CC(C1CCCCN1)N1C(=O)CSC1C=C(c1ccccc1)c1ccccc1. The minimum absolute atomic E-state index is 0.0710. The molecule has 0 aromatic heterocycles. The van der Waals surface area contributed by atoms with Crippen LogP contribution in [0.2, 0.25) is 0 Å². The first-order valence-corrected chi connectivity index (χ1v) is 11.3. The minimum Gasteiger partial charge on any atom is -0.322 e. The van der Waals surface area contributed by atoms with Gasteiger partial charge in [0, 0.05) is 12.1 Å². The van der Waals surface area contributed by atoms with Gasteiger partial charge in [0.05, 0.1) is 11.1 Å². The molecule has 0 saturated carbocycles. The van der Waals surface area contributed by atoms with E-state index in [1.54, 1.807) is 11.8 Å². The summed E-state index contributed by atoms with van der Waals surface area (Å²) in [6.07, 6.45) is 5.92. The van der Waals surface area contributed by atoms with Crippen LogP contribution in [0, 0.1) is 0 Å². The largest absolute Gasteiger partial charge is 0.322 e. The van der Waals surface area contributed by atoms with E-state index in [1.807, 2.05) is 12.1 Å². The zero-order chi connectivity index (χ0) is 19.3. The molecule has 2 aromatic carbocycles. The Labute approximate surface area is 172 Å². The Kier molecular flexibility index (Phi) is 6.18. The molecule has 2 aliphatic rings. The number of amides is 1. The molecule has 3 atom stereocenters. The summed E-state index contributed by atoms with van der Waals surface area (Å²) in [5.74, 6) is 0.821. The molecule has 3 nitrogen and oxygen atoms in total. The molecule has 4 rings (SSSR count). The van der Waals surface area contributed by atoms with Crippen LogP contribution >= 0.6 is 11.8 Å². The van der Waals surface area contributed by atoms with E-state index < -0.39 is 0 Å². The smallest absolute Gasteiger partial charge is 0.234 e. The summed E-state index contributed by atoms with van der Waals surface area (Å²) in [7, 11) is 0. The Morgan fingerprint density at radius 2 is 1.71 bits per heavy atom. The number of rotatable bonds is 5. The second-order valence-corrected chi connectivity index (χ2v) is 8.72. The molecule has 0 spiro atoms. The van der Waals surface area contributed by atoms with Crippen LogP contribution < -0.4 is 5.32 Å². The Morgan fingerprint density at radius 1 is 1.07 bits per heavy atom. The van der Waals surface area contributed by atoms with Crippen molar-refractivity contribution in [3.63, 3.8) is 0 Å². The van der Waals surface area contributed by atoms with Gasteiger partial charge in [-0.3, -0.25) is 4.79 Å². The highest BCUT2D eigenvalue weighted by atomic mass is 32.2. The number of hydrogen-bond donors (Lipinski definition) is 1. The molecule has 146 valence electrons. The summed E-state index contributed by atoms with van der Waals surface area (Å²) in [4.78, 5) is 14.9. The van der Waals surface area contributed by atoms with Gasteiger partial charge in [0.2, 0.25) is 5.91 Å². The van der Waals surface area contributed by atoms with Crippen molar-refractivity contribution in [3.05, 3.63) is 77.9 Å². The number of carbonyl (C=O) groups excluding carboxylic acids is 1. The van der Waals surface area contributed by atoms with Gasteiger partial charge in [-0.15, -0.1) is 11.8 Å². The van der Waals surface area contributed by atoms with E-state index in [0.717, 1.165) is 13.0 Å². The quantitative estimate of drug-likeness (QED) is 0.810. The fourth-order valence-electron chi connectivity index (χ4n) is 4.26. The molecule has 3 unspecified atom stereocenters. The predicted octanol–water partition coefficient (Wildman–Crippen LogP) is 4.55. The second kappa shape index (κ2) is 8.97. The average molecular weight is 393 g/mol. The van der Waals surface area contributed by atoms with Gasteiger partial charge in [-0.2, -0.15) is 0 Å². The zero-order valence-corrected chi connectivity index (χ0v) is 17.2. The van der Waals surface area contributed by atoms with Crippen molar-refractivity contribution >= 4 is 23.2 Å². The highest BCUT2D eigenvalue weighted by Gasteiger charge is 2.37. The molecular weight excluding hydrogens is 364 g/mol. The van der Waals surface area contributed by atoms with Crippen molar-refractivity contribution in [2.75, 3.05) is 12.3 Å². The Balaban J connectivity index is 1.67. The first-order chi connectivity index (χ1) is 13.7. The van der Waals surface area contributed by atoms with Crippen LogP contribution in [-0.2, 0) is 4.79 Å². The lowest BCUT2D eigenvalue weighted by atomic mass is 9.96. The molecule has 2 aromatic rings. The molecule has 0 aliphatic carbocycles. The van der Waals surface area contributed by atoms with Gasteiger partial charge in [-0.05, 0) is 49.1 Å². The highest BCUT2D eigenvalue weighted by Crippen LogP contribution is 2.34. The lowest BCUT2D eigenvalue weighted by molar-refractivity contribution is -0.130. The van der Waals surface area contributed by atoms with E-state index in [-0.39, 0.29) is 17.3 Å². The zero-order valence-electron chi connectivity index (χ0n) is 16.4.